The van der Waals surface area contributed by atoms with Gasteiger partial charge in [-0.25, -0.2) is 4.79 Å². The molecule has 0 aliphatic carbocycles. The van der Waals surface area contributed by atoms with Crippen molar-refractivity contribution in [2.75, 3.05) is 20.8 Å². The standard InChI is InChI=1S/C17H21NO4/c1-17(2,16(20)21-4)18(3)15(19)8-6-12-5-7-14-13(11-12)9-10-22-14/h5-8,11H,9-10H2,1-4H3. The van der Waals surface area contributed by atoms with E-state index in [0.717, 1.165) is 23.3 Å². The molecule has 1 amide bonds. The number of methoxy groups -OCH3 is 1. The van der Waals surface area contributed by atoms with Gasteiger partial charge in [-0.1, -0.05) is 6.07 Å². The van der Waals surface area contributed by atoms with Gasteiger partial charge in [-0.15, -0.1) is 0 Å². The molecule has 22 heavy (non-hydrogen) atoms. The highest BCUT2D eigenvalue weighted by molar-refractivity contribution is 5.95. The number of hydrogen-bond acceptors (Lipinski definition) is 4. The quantitative estimate of drug-likeness (QED) is 0.631. The Labute approximate surface area is 130 Å². The van der Waals surface area contributed by atoms with Crippen LogP contribution in [0.5, 0.6) is 5.75 Å². The number of carbonyl (C=O) groups is 2. The van der Waals surface area contributed by atoms with Crippen molar-refractivity contribution in [2.24, 2.45) is 0 Å². The average molecular weight is 303 g/mol. The van der Waals surface area contributed by atoms with Crippen LogP contribution in [0.3, 0.4) is 0 Å². The number of fused-ring (bicyclic) bond motifs is 1. The molecule has 0 bridgehead atoms. The van der Waals surface area contributed by atoms with Crippen LogP contribution >= 0.6 is 0 Å². The minimum atomic E-state index is -1.01. The minimum Gasteiger partial charge on any atom is -0.493 e. The third-order valence-electron chi connectivity index (χ3n) is 3.99. The van der Waals surface area contributed by atoms with Crippen LogP contribution in [0.1, 0.15) is 25.0 Å². The molecular formula is C17H21NO4. The first-order valence-electron chi connectivity index (χ1n) is 7.16. The Morgan fingerprint density at radius 1 is 1.36 bits per heavy atom. The van der Waals surface area contributed by atoms with Crippen LogP contribution in [0.2, 0.25) is 0 Å². The lowest BCUT2D eigenvalue weighted by molar-refractivity contribution is -0.156. The molecule has 0 aromatic heterocycles. The van der Waals surface area contributed by atoms with Crippen LogP contribution in [-0.4, -0.2) is 43.1 Å². The second kappa shape index (κ2) is 6.22. The van der Waals surface area contributed by atoms with E-state index in [2.05, 4.69) is 0 Å². The van der Waals surface area contributed by atoms with Crippen molar-refractivity contribution in [3.63, 3.8) is 0 Å². The maximum Gasteiger partial charge on any atom is 0.331 e. The molecule has 0 radical (unpaired) electrons. The Bertz CT molecular complexity index is 619. The number of nitrogens with zero attached hydrogens (tertiary/aromatic N) is 1. The smallest absolute Gasteiger partial charge is 0.331 e. The molecule has 0 saturated heterocycles. The molecule has 2 rings (SSSR count). The zero-order valence-electron chi connectivity index (χ0n) is 13.4. The first kappa shape index (κ1) is 16.1. The molecule has 118 valence electrons. The second-order valence-electron chi connectivity index (χ2n) is 5.75. The van der Waals surface area contributed by atoms with Gasteiger partial charge in [0.15, 0.2) is 0 Å². The third kappa shape index (κ3) is 3.13. The lowest BCUT2D eigenvalue weighted by atomic mass is 10.0. The second-order valence-corrected chi connectivity index (χ2v) is 5.75. The van der Waals surface area contributed by atoms with Crippen LogP contribution in [0.4, 0.5) is 0 Å². The molecule has 5 nitrogen and oxygen atoms in total. The average Bonchev–Trinajstić information content (AvgIpc) is 2.98. The fraction of sp³-hybridized carbons (Fsp3) is 0.412. The topological polar surface area (TPSA) is 55.8 Å². The van der Waals surface area contributed by atoms with Crippen molar-refractivity contribution in [1.82, 2.24) is 4.90 Å². The summed E-state index contributed by atoms with van der Waals surface area (Å²) < 4.78 is 10.2. The molecule has 0 spiro atoms. The molecule has 1 aromatic carbocycles. The molecule has 1 aliphatic heterocycles. The lowest BCUT2D eigenvalue weighted by Crippen LogP contribution is -2.50. The van der Waals surface area contributed by atoms with E-state index in [4.69, 9.17) is 9.47 Å². The van der Waals surface area contributed by atoms with Crippen molar-refractivity contribution in [2.45, 2.75) is 25.8 Å². The van der Waals surface area contributed by atoms with Crippen molar-refractivity contribution >= 4 is 18.0 Å². The zero-order chi connectivity index (χ0) is 16.3. The molecular weight excluding hydrogens is 282 g/mol. The van der Waals surface area contributed by atoms with E-state index >= 15 is 0 Å². The van der Waals surface area contributed by atoms with E-state index in [1.807, 2.05) is 18.2 Å². The highest BCUT2D eigenvalue weighted by Gasteiger charge is 2.35. The van der Waals surface area contributed by atoms with Crippen LogP contribution in [-0.2, 0) is 20.7 Å². The Morgan fingerprint density at radius 2 is 2.09 bits per heavy atom. The number of amides is 1. The summed E-state index contributed by atoms with van der Waals surface area (Å²) in [6, 6.07) is 5.82. The van der Waals surface area contributed by atoms with Crippen molar-refractivity contribution in [1.29, 1.82) is 0 Å². The van der Waals surface area contributed by atoms with Crippen molar-refractivity contribution in [3.05, 3.63) is 35.4 Å². The van der Waals surface area contributed by atoms with Crippen LogP contribution in [0, 0.1) is 0 Å². The molecule has 0 fully saturated rings. The fourth-order valence-corrected chi connectivity index (χ4v) is 2.25. The highest BCUT2D eigenvalue weighted by atomic mass is 16.5. The van der Waals surface area contributed by atoms with E-state index in [1.165, 1.54) is 18.1 Å². The Balaban J connectivity index is 2.09. The Morgan fingerprint density at radius 3 is 2.77 bits per heavy atom. The van der Waals surface area contributed by atoms with Crippen LogP contribution in [0.25, 0.3) is 6.08 Å². The van der Waals surface area contributed by atoms with Gasteiger partial charge >= 0.3 is 5.97 Å². The molecule has 0 atom stereocenters. The van der Waals surface area contributed by atoms with Gasteiger partial charge in [0.2, 0.25) is 5.91 Å². The normalized spacial score (nSPS) is 13.6. The van der Waals surface area contributed by atoms with Crippen LogP contribution in [0.15, 0.2) is 24.3 Å². The van der Waals surface area contributed by atoms with Gasteiger partial charge in [0, 0.05) is 19.5 Å². The highest BCUT2D eigenvalue weighted by Crippen LogP contribution is 2.26. The van der Waals surface area contributed by atoms with E-state index in [9.17, 15) is 9.59 Å². The van der Waals surface area contributed by atoms with E-state index in [0.29, 0.717) is 6.61 Å². The fourth-order valence-electron chi connectivity index (χ4n) is 2.25. The van der Waals surface area contributed by atoms with E-state index < -0.39 is 11.5 Å². The summed E-state index contributed by atoms with van der Waals surface area (Å²) in [7, 11) is 2.89. The predicted octanol–water partition coefficient (Wildman–Crippen LogP) is 2.04. The maximum absolute atomic E-state index is 12.2. The summed E-state index contributed by atoms with van der Waals surface area (Å²) in [6.07, 6.45) is 4.09. The van der Waals surface area contributed by atoms with Gasteiger partial charge in [0.1, 0.15) is 11.3 Å². The van der Waals surface area contributed by atoms with Gasteiger partial charge in [0.25, 0.3) is 0 Å². The Kier molecular flexibility index (Phi) is 4.54. The number of benzene rings is 1. The van der Waals surface area contributed by atoms with Gasteiger partial charge < -0.3 is 14.4 Å². The molecule has 0 saturated carbocycles. The minimum absolute atomic E-state index is 0.257. The van der Waals surface area contributed by atoms with Crippen molar-refractivity contribution < 1.29 is 19.1 Å². The number of rotatable bonds is 4. The summed E-state index contributed by atoms with van der Waals surface area (Å²) in [4.78, 5) is 25.3. The van der Waals surface area contributed by atoms with E-state index in [1.54, 1.807) is 27.0 Å². The third-order valence-corrected chi connectivity index (χ3v) is 3.99. The molecule has 1 aromatic rings. The molecule has 0 N–H and O–H groups in total. The first-order valence-corrected chi connectivity index (χ1v) is 7.16. The number of ether oxygens (including phenoxy) is 2. The number of likely N-dealkylation sites (N-methyl/N-ethyl adjacent to an activating group) is 1. The van der Waals surface area contributed by atoms with E-state index in [-0.39, 0.29) is 5.91 Å². The zero-order valence-corrected chi connectivity index (χ0v) is 13.4. The number of hydrogen-bond donors (Lipinski definition) is 0. The van der Waals surface area contributed by atoms with Gasteiger partial charge in [-0.3, -0.25) is 4.79 Å². The van der Waals surface area contributed by atoms with Gasteiger partial charge in [0.05, 0.1) is 13.7 Å². The van der Waals surface area contributed by atoms with Crippen LogP contribution < -0.4 is 4.74 Å². The monoisotopic (exact) mass is 303 g/mol. The molecule has 1 aliphatic rings. The van der Waals surface area contributed by atoms with Gasteiger partial charge in [-0.05, 0) is 43.2 Å². The molecule has 0 unspecified atom stereocenters. The largest absolute Gasteiger partial charge is 0.493 e. The Hall–Kier alpha value is -2.30. The first-order chi connectivity index (χ1) is 10.4. The SMILES string of the molecule is COC(=O)C(C)(C)N(C)C(=O)C=Cc1ccc2c(c1)CCO2. The molecule has 1 heterocycles. The summed E-state index contributed by atoms with van der Waals surface area (Å²) in [5, 5.41) is 0. The molecule has 5 heteroatoms. The van der Waals surface area contributed by atoms with Crippen molar-refractivity contribution in [3.8, 4) is 5.75 Å². The number of esters is 1. The summed E-state index contributed by atoms with van der Waals surface area (Å²) >= 11 is 0. The summed E-state index contributed by atoms with van der Waals surface area (Å²) in [5.41, 5.74) is 1.07. The predicted molar refractivity (Wildman–Crippen MR) is 83.5 cm³/mol. The number of carbonyl (C=O) groups excluding carboxylic acids is 2. The maximum atomic E-state index is 12.2. The van der Waals surface area contributed by atoms with Gasteiger partial charge in [-0.2, -0.15) is 0 Å². The summed E-state index contributed by atoms with van der Waals surface area (Å²) in [5.74, 6) is 0.200. The lowest BCUT2D eigenvalue weighted by Gasteiger charge is -2.31. The summed E-state index contributed by atoms with van der Waals surface area (Å²) in [6.45, 7) is 4.01.